The number of benzene rings is 2. The maximum Gasteiger partial charge on any atom is 0.416 e. The lowest BCUT2D eigenvalue weighted by atomic mass is 9.92. The van der Waals surface area contributed by atoms with Gasteiger partial charge in [-0.1, -0.05) is 30.3 Å². The van der Waals surface area contributed by atoms with Gasteiger partial charge < -0.3 is 15.8 Å². The van der Waals surface area contributed by atoms with Gasteiger partial charge in [0.25, 0.3) is 0 Å². The molecule has 0 saturated heterocycles. The van der Waals surface area contributed by atoms with Crippen molar-refractivity contribution in [1.82, 2.24) is 5.32 Å². The number of nitrogens with two attached hydrogens (primary N) is 1. The number of hydrogen-bond acceptors (Lipinski definition) is 3. The van der Waals surface area contributed by atoms with Crippen molar-refractivity contribution in [3.63, 3.8) is 0 Å². The van der Waals surface area contributed by atoms with Gasteiger partial charge in [0.2, 0.25) is 5.91 Å². The third-order valence-electron chi connectivity index (χ3n) is 5.78. The Bertz CT molecular complexity index is 929. The summed E-state index contributed by atoms with van der Waals surface area (Å²) in [5.41, 5.74) is 3.14. The van der Waals surface area contributed by atoms with Gasteiger partial charge in [0, 0.05) is 12.0 Å². The Kier molecular flexibility index (Phi) is 7.38. The molecular weight excluding hydrogens is 450 g/mol. The van der Waals surface area contributed by atoms with E-state index in [9.17, 15) is 31.1 Å². The van der Waals surface area contributed by atoms with E-state index >= 15 is 0 Å². The summed E-state index contributed by atoms with van der Waals surface area (Å²) in [4.78, 5) is 11.2. The van der Waals surface area contributed by atoms with Crippen LogP contribution in [0.15, 0.2) is 48.5 Å². The van der Waals surface area contributed by atoms with Gasteiger partial charge >= 0.3 is 12.4 Å². The molecule has 180 valence electrons. The third kappa shape index (κ3) is 6.26. The van der Waals surface area contributed by atoms with E-state index in [1.54, 1.807) is 0 Å². The summed E-state index contributed by atoms with van der Waals surface area (Å²) in [7, 11) is 0. The lowest BCUT2D eigenvalue weighted by Crippen LogP contribution is -2.39. The van der Waals surface area contributed by atoms with Crippen molar-refractivity contribution >= 4 is 5.91 Å². The molecule has 1 aliphatic carbocycles. The first-order chi connectivity index (χ1) is 15.4. The van der Waals surface area contributed by atoms with E-state index in [4.69, 9.17) is 10.5 Å². The number of amides is 1. The molecule has 3 rings (SSSR count). The standard InChI is InChI=1S/C23H24F6N2O2/c1-13(15-9-16(22(24,25)26)11-17(10-15)23(27,28)29)33-19-8-7-18(31-12-20(30)32)21(19)14-5-3-2-4-6-14/h2-6,9-11,13,18-19,21,31H,7-8,12H2,1H3,(H2,30,32)/t13-,18?,19?,21?/m0/s1. The number of primary amides is 1. The average Bonchev–Trinajstić information content (AvgIpc) is 3.13. The minimum absolute atomic E-state index is 0.0567. The first-order valence-corrected chi connectivity index (χ1v) is 10.4. The Morgan fingerprint density at radius 1 is 1.03 bits per heavy atom. The first-order valence-electron chi connectivity index (χ1n) is 10.4. The second-order valence-electron chi connectivity index (χ2n) is 8.12. The molecule has 0 aromatic heterocycles. The molecule has 10 heteroatoms. The maximum absolute atomic E-state index is 13.2. The molecule has 1 amide bonds. The number of carbonyl (C=O) groups is 1. The van der Waals surface area contributed by atoms with Gasteiger partial charge in [-0.05, 0) is 49.1 Å². The Morgan fingerprint density at radius 3 is 2.12 bits per heavy atom. The highest BCUT2D eigenvalue weighted by molar-refractivity contribution is 5.75. The zero-order chi connectivity index (χ0) is 24.4. The summed E-state index contributed by atoms with van der Waals surface area (Å²) in [6, 6.07) is 10.5. The van der Waals surface area contributed by atoms with Crippen molar-refractivity contribution in [2.45, 2.75) is 56.3 Å². The second-order valence-corrected chi connectivity index (χ2v) is 8.12. The van der Waals surface area contributed by atoms with Crippen molar-refractivity contribution in [1.29, 1.82) is 0 Å². The lowest BCUT2D eigenvalue weighted by Gasteiger charge is -2.29. The summed E-state index contributed by atoms with van der Waals surface area (Å²) in [5.74, 6) is -0.802. The van der Waals surface area contributed by atoms with E-state index in [1.807, 2.05) is 30.3 Å². The average molecular weight is 474 g/mol. The predicted octanol–water partition coefficient (Wildman–Crippen LogP) is 5.19. The fourth-order valence-electron chi connectivity index (χ4n) is 4.25. The van der Waals surface area contributed by atoms with Gasteiger partial charge in [-0.25, -0.2) is 0 Å². The van der Waals surface area contributed by atoms with Gasteiger partial charge in [-0.15, -0.1) is 0 Å². The monoisotopic (exact) mass is 474 g/mol. The number of alkyl halides is 6. The van der Waals surface area contributed by atoms with E-state index in [1.165, 1.54) is 6.92 Å². The summed E-state index contributed by atoms with van der Waals surface area (Å²) in [6.45, 7) is 1.38. The van der Waals surface area contributed by atoms with Crippen LogP contribution < -0.4 is 11.1 Å². The smallest absolute Gasteiger partial charge is 0.370 e. The molecule has 4 atom stereocenters. The summed E-state index contributed by atoms with van der Waals surface area (Å²) in [6.07, 6.45) is -10.3. The van der Waals surface area contributed by atoms with Crippen molar-refractivity contribution < 1.29 is 35.9 Å². The molecule has 1 aliphatic rings. The van der Waals surface area contributed by atoms with E-state index in [0.29, 0.717) is 25.0 Å². The molecule has 1 saturated carbocycles. The lowest BCUT2D eigenvalue weighted by molar-refractivity contribution is -0.143. The van der Waals surface area contributed by atoms with Crippen LogP contribution in [0, 0.1) is 0 Å². The van der Waals surface area contributed by atoms with E-state index in [0.717, 1.165) is 5.56 Å². The second kappa shape index (κ2) is 9.72. The van der Waals surface area contributed by atoms with E-state index in [-0.39, 0.29) is 30.1 Å². The highest BCUT2D eigenvalue weighted by Gasteiger charge is 2.40. The van der Waals surface area contributed by atoms with Crippen molar-refractivity contribution in [3.05, 3.63) is 70.8 Å². The molecule has 3 unspecified atom stereocenters. The Morgan fingerprint density at radius 2 is 1.61 bits per heavy atom. The number of rotatable bonds is 7. The SMILES string of the molecule is C[C@H](OC1CCC(NCC(N)=O)C1c1ccccc1)c1cc(C(F)(F)F)cc(C(F)(F)F)c1. The van der Waals surface area contributed by atoms with Gasteiger partial charge in [-0.3, -0.25) is 4.79 Å². The predicted molar refractivity (Wildman–Crippen MR) is 109 cm³/mol. The van der Waals surface area contributed by atoms with E-state index in [2.05, 4.69) is 5.32 Å². The van der Waals surface area contributed by atoms with Crippen molar-refractivity contribution in [3.8, 4) is 0 Å². The van der Waals surface area contributed by atoms with Crippen LogP contribution in [0.1, 0.15) is 54.0 Å². The number of halogens is 6. The molecule has 2 aromatic carbocycles. The van der Waals surface area contributed by atoms with Crippen molar-refractivity contribution in [2.75, 3.05) is 6.54 Å². The van der Waals surface area contributed by atoms with Crippen LogP contribution in [0.3, 0.4) is 0 Å². The summed E-state index contributed by atoms with van der Waals surface area (Å²) < 4.78 is 85.5. The molecule has 0 heterocycles. The molecule has 0 bridgehead atoms. The topological polar surface area (TPSA) is 64.3 Å². The van der Waals surface area contributed by atoms with Gasteiger partial charge in [-0.2, -0.15) is 26.3 Å². The normalized spacial score (nSPS) is 22.3. The minimum atomic E-state index is -4.93. The highest BCUT2D eigenvalue weighted by atomic mass is 19.4. The fraction of sp³-hybridized carbons (Fsp3) is 0.435. The van der Waals surface area contributed by atoms with Crippen LogP contribution in [-0.4, -0.2) is 24.6 Å². The Balaban J connectivity index is 1.89. The number of ether oxygens (including phenoxy) is 1. The van der Waals surface area contributed by atoms with Crippen LogP contribution in [-0.2, 0) is 21.9 Å². The van der Waals surface area contributed by atoms with Gasteiger partial charge in [0.1, 0.15) is 0 Å². The molecule has 4 nitrogen and oxygen atoms in total. The number of hydrogen-bond donors (Lipinski definition) is 2. The highest BCUT2D eigenvalue weighted by Crippen LogP contribution is 2.41. The molecule has 0 spiro atoms. The van der Waals surface area contributed by atoms with Crippen LogP contribution in [0.25, 0.3) is 0 Å². The summed E-state index contributed by atoms with van der Waals surface area (Å²) >= 11 is 0. The Labute approximate surface area is 187 Å². The molecule has 3 N–H and O–H groups in total. The number of nitrogens with one attached hydrogen (secondary N) is 1. The van der Waals surface area contributed by atoms with Gasteiger partial charge in [0.15, 0.2) is 0 Å². The molecule has 0 aliphatic heterocycles. The summed E-state index contributed by atoms with van der Waals surface area (Å²) in [5, 5.41) is 3.08. The molecule has 0 radical (unpaired) electrons. The zero-order valence-corrected chi connectivity index (χ0v) is 17.7. The third-order valence-corrected chi connectivity index (χ3v) is 5.78. The number of carbonyl (C=O) groups excluding carboxylic acids is 1. The van der Waals surface area contributed by atoms with Gasteiger partial charge in [0.05, 0.1) is 29.9 Å². The molecule has 33 heavy (non-hydrogen) atoms. The largest absolute Gasteiger partial charge is 0.416 e. The Hall–Kier alpha value is -2.59. The zero-order valence-electron chi connectivity index (χ0n) is 17.7. The van der Waals surface area contributed by atoms with Crippen molar-refractivity contribution in [2.24, 2.45) is 5.73 Å². The fourth-order valence-corrected chi connectivity index (χ4v) is 4.25. The van der Waals surface area contributed by atoms with Crippen LogP contribution in [0.4, 0.5) is 26.3 Å². The minimum Gasteiger partial charge on any atom is -0.370 e. The molecular formula is C23H24F6N2O2. The quantitative estimate of drug-likeness (QED) is 0.543. The maximum atomic E-state index is 13.2. The van der Waals surface area contributed by atoms with E-state index < -0.39 is 41.6 Å². The molecule has 1 fully saturated rings. The van der Waals surface area contributed by atoms with Crippen LogP contribution in [0.2, 0.25) is 0 Å². The van der Waals surface area contributed by atoms with Crippen LogP contribution >= 0.6 is 0 Å². The first kappa shape index (κ1) is 25.0. The van der Waals surface area contributed by atoms with Crippen LogP contribution in [0.5, 0.6) is 0 Å². The molecule has 2 aromatic rings.